The zero-order valence-corrected chi connectivity index (χ0v) is 12.1. The van der Waals surface area contributed by atoms with Crippen LogP contribution < -0.4 is 5.32 Å². The number of carbonyl (C=O) groups is 1. The predicted molar refractivity (Wildman–Crippen MR) is 82.4 cm³/mol. The van der Waals surface area contributed by atoms with Crippen LogP contribution in [0.15, 0.2) is 36.4 Å². The second-order valence-electron chi connectivity index (χ2n) is 5.01. The number of ether oxygens (including phenoxy) is 1. The summed E-state index contributed by atoms with van der Waals surface area (Å²) in [6.07, 6.45) is 2.00. The Kier molecular flexibility index (Phi) is 3.86. The van der Waals surface area contributed by atoms with Gasteiger partial charge in [0.05, 0.1) is 17.9 Å². The molecular weight excluding hydrogens is 264 g/mol. The first-order chi connectivity index (χ1) is 10.3. The van der Waals surface area contributed by atoms with Crippen molar-refractivity contribution in [1.29, 1.82) is 0 Å². The fraction of sp³-hybridized carbons (Fsp3) is 0.294. The molecule has 0 fully saturated rings. The second-order valence-corrected chi connectivity index (χ2v) is 5.01. The Bertz CT molecular complexity index is 653. The number of anilines is 1. The van der Waals surface area contributed by atoms with Crippen molar-refractivity contribution in [2.75, 3.05) is 18.5 Å². The van der Waals surface area contributed by atoms with Crippen LogP contribution in [0, 0.1) is 0 Å². The number of esters is 1. The van der Waals surface area contributed by atoms with Gasteiger partial charge in [0.2, 0.25) is 0 Å². The highest BCUT2D eigenvalue weighted by Gasteiger charge is 2.20. The Morgan fingerprint density at radius 2 is 2.14 bits per heavy atom. The summed E-state index contributed by atoms with van der Waals surface area (Å²) in [4.78, 5) is 16.9. The van der Waals surface area contributed by atoms with Gasteiger partial charge in [0.15, 0.2) is 0 Å². The molecule has 2 heterocycles. The molecule has 0 bridgehead atoms. The van der Waals surface area contributed by atoms with Crippen molar-refractivity contribution in [3.8, 4) is 11.3 Å². The molecule has 0 unspecified atom stereocenters. The van der Waals surface area contributed by atoms with E-state index in [0.29, 0.717) is 17.9 Å². The third-order valence-electron chi connectivity index (χ3n) is 3.56. The first kappa shape index (κ1) is 13.6. The molecule has 21 heavy (non-hydrogen) atoms. The Morgan fingerprint density at radius 3 is 2.90 bits per heavy atom. The normalized spacial score (nSPS) is 13.2. The molecule has 0 spiro atoms. The second kappa shape index (κ2) is 5.95. The standard InChI is InChI=1S/C17H18N2O2/c1-2-21-17(20)14-11-13-9-6-10-18-16(13)19-15(14)12-7-4-3-5-8-12/h3-5,7-8,11H,2,6,9-10H2,1H3,(H,18,19). The van der Waals surface area contributed by atoms with E-state index in [9.17, 15) is 4.79 Å². The lowest BCUT2D eigenvalue weighted by Gasteiger charge is -2.19. The van der Waals surface area contributed by atoms with Crippen LogP contribution in [0.5, 0.6) is 0 Å². The third-order valence-corrected chi connectivity index (χ3v) is 3.56. The monoisotopic (exact) mass is 282 g/mol. The molecule has 1 aliphatic heterocycles. The minimum atomic E-state index is -0.308. The Morgan fingerprint density at radius 1 is 1.33 bits per heavy atom. The van der Waals surface area contributed by atoms with Gasteiger partial charge in [-0.2, -0.15) is 0 Å². The van der Waals surface area contributed by atoms with Crippen molar-refractivity contribution in [3.63, 3.8) is 0 Å². The molecule has 0 aliphatic carbocycles. The summed E-state index contributed by atoms with van der Waals surface area (Å²) in [5, 5.41) is 3.31. The van der Waals surface area contributed by atoms with Crippen molar-refractivity contribution in [3.05, 3.63) is 47.5 Å². The van der Waals surface area contributed by atoms with E-state index in [1.54, 1.807) is 0 Å². The van der Waals surface area contributed by atoms with Crippen molar-refractivity contribution >= 4 is 11.8 Å². The number of fused-ring (bicyclic) bond motifs is 1. The molecule has 1 N–H and O–H groups in total. The molecule has 1 aliphatic rings. The maximum atomic E-state index is 12.2. The van der Waals surface area contributed by atoms with Crippen LogP contribution in [0.2, 0.25) is 0 Å². The van der Waals surface area contributed by atoms with Crippen LogP contribution in [-0.4, -0.2) is 24.1 Å². The van der Waals surface area contributed by atoms with Gasteiger partial charge < -0.3 is 10.1 Å². The Labute approximate surface area is 124 Å². The fourth-order valence-corrected chi connectivity index (χ4v) is 2.56. The number of aryl methyl sites for hydroxylation is 1. The van der Waals surface area contributed by atoms with E-state index >= 15 is 0 Å². The SMILES string of the molecule is CCOC(=O)c1cc2c(nc1-c1ccccc1)NCCC2. The molecule has 1 aromatic heterocycles. The van der Waals surface area contributed by atoms with Gasteiger partial charge in [0.1, 0.15) is 5.82 Å². The minimum absolute atomic E-state index is 0.308. The quantitative estimate of drug-likeness (QED) is 0.878. The molecule has 2 aromatic rings. The topological polar surface area (TPSA) is 51.2 Å². The van der Waals surface area contributed by atoms with E-state index in [1.807, 2.05) is 43.3 Å². The summed E-state index contributed by atoms with van der Waals surface area (Å²) in [5.41, 5.74) is 3.24. The molecule has 108 valence electrons. The van der Waals surface area contributed by atoms with E-state index in [1.165, 1.54) is 0 Å². The molecule has 1 aromatic carbocycles. The zero-order chi connectivity index (χ0) is 14.7. The lowest BCUT2D eigenvalue weighted by molar-refractivity contribution is 0.0527. The smallest absolute Gasteiger partial charge is 0.340 e. The van der Waals surface area contributed by atoms with Crippen LogP contribution >= 0.6 is 0 Å². The van der Waals surface area contributed by atoms with Gasteiger partial charge >= 0.3 is 5.97 Å². The highest BCUT2D eigenvalue weighted by molar-refractivity contribution is 5.97. The van der Waals surface area contributed by atoms with Gasteiger partial charge in [0.25, 0.3) is 0 Å². The lowest BCUT2D eigenvalue weighted by atomic mass is 10.00. The number of benzene rings is 1. The molecule has 0 saturated heterocycles. The molecule has 0 amide bonds. The minimum Gasteiger partial charge on any atom is -0.462 e. The van der Waals surface area contributed by atoms with E-state index in [-0.39, 0.29) is 5.97 Å². The van der Waals surface area contributed by atoms with Crippen LogP contribution in [0.3, 0.4) is 0 Å². The molecule has 0 atom stereocenters. The van der Waals surface area contributed by atoms with Crippen molar-refractivity contribution in [2.45, 2.75) is 19.8 Å². The average Bonchev–Trinajstić information content (AvgIpc) is 2.54. The first-order valence-corrected chi connectivity index (χ1v) is 7.30. The summed E-state index contributed by atoms with van der Waals surface area (Å²) >= 11 is 0. The van der Waals surface area contributed by atoms with E-state index in [0.717, 1.165) is 36.3 Å². The highest BCUT2D eigenvalue weighted by atomic mass is 16.5. The number of rotatable bonds is 3. The number of hydrogen-bond donors (Lipinski definition) is 1. The van der Waals surface area contributed by atoms with Crippen molar-refractivity contribution in [1.82, 2.24) is 4.98 Å². The van der Waals surface area contributed by atoms with E-state index < -0.39 is 0 Å². The molecular formula is C17H18N2O2. The molecule has 4 heteroatoms. The van der Waals surface area contributed by atoms with Crippen LogP contribution in [0.1, 0.15) is 29.3 Å². The summed E-state index contributed by atoms with van der Waals surface area (Å²) in [6.45, 7) is 3.10. The fourth-order valence-electron chi connectivity index (χ4n) is 2.56. The van der Waals surface area contributed by atoms with Crippen molar-refractivity contribution in [2.24, 2.45) is 0 Å². The van der Waals surface area contributed by atoms with Gasteiger partial charge in [-0.1, -0.05) is 30.3 Å². The maximum absolute atomic E-state index is 12.2. The summed E-state index contributed by atoms with van der Waals surface area (Å²) < 4.78 is 5.18. The number of pyridine rings is 1. The third kappa shape index (κ3) is 2.75. The lowest BCUT2D eigenvalue weighted by Crippen LogP contribution is -2.16. The van der Waals surface area contributed by atoms with Crippen LogP contribution in [-0.2, 0) is 11.2 Å². The molecule has 0 saturated carbocycles. The maximum Gasteiger partial charge on any atom is 0.340 e. The van der Waals surface area contributed by atoms with Gasteiger partial charge in [-0.25, -0.2) is 9.78 Å². The zero-order valence-electron chi connectivity index (χ0n) is 12.1. The molecule has 4 nitrogen and oxygen atoms in total. The summed E-state index contributed by atoms with van der Waals surface area (Å²) in [6, 6.07) is 11.7. The van der Waals surface area contributed by atoms with Crippen LogP contribution in [0.25, 0.3) is 11.3 Å². The van der Waals surface area contributed by atoms with Crippen molar-refractivity contribution < 1.29 is 9.53 Å². The molecule has 0 radical (unpaired) electrons. The number of carbonyl (C=O) groups excluding carboxylic acids is 1. The summed E-state index contributed by atoms with van der Waals surface area (Å²) in [7, 11) is 0. The van der Waals surface area contributed by atoms with E-state index in [4.69, 9.17) is 4.74 Å². The van der Waals surface area contributed by atoms with Gasteiger partial charge in [-0.15, -0.1) is 0 Å². The summed E-state index contributed by atoms with van der Waals surface area (Å²) in [5.74, 6) is 0.574. The van der Waals surface area contributed by atoms with Crippen LogP contribution in [0.4, 0.5) is 5.82 Å². The Hall–Kier alpha value is -2.36. The van der Waals surface area contributed by atoms with Gasteiger partial charge in [-0.05, 0) is 31.4 Å². The number of aromatic nitrogens is 1. The van der Waals surface area contributed by atoms with Gasteiger partial charge in [0, 0.05) is 12.1 Å². The highest BCUT2D eigenvalue weighted by Crippen LogP contribution is 2.29. The Balaban J connectivity index is 2.13. The largest absolute Gasteiger partial charge is 0.462 e. The number of nitrogens with one attached hydrogen (secondary N) is 1. The van der Waals surface area contributed by atoms with E-state index in [2.05, 4.69) is 10.3 Å². The average molecular weight is 282 g/mol. The first-order valence-electron chi connectivity index (χ1n) is 7.30. The predicted octanol–water partition coefficient (Wildman–Crippen LogP) is 3.28. The number of hydrogen-bond acceptors (Lipinski definition) is 4. The number of nitrogens with zero attached hydrogens (tertiary/aromatic N) is 1. The molecule has 3 rings (SSSR count). The van der Waals surface area contributed by atoms with Gasteiger partial charge in [-0.3, -0.25) is 0 Å².